The maximum Gasteiger partial charge on any atom is 0.407 e. The van der Waals surface area contributed by atoms with Crippen molar-refractivity contribution in [3.63, 3.8) is 0 Å². The van der Waals surface area contributed by atoms with Crippen LogP contribution in [-0.4, -0.2) is 23.2 Å². The number of carbonyl (C=O) groups excluding carboxylic acids is 1. The SMILES string of the molecule is CC(C)(C)OC(=O)NCCC=Cc1cc(Cl)cnc1Cl. The van der Waals surface area contributed by atoms with Crippen LogP contribution in [0.25, 0.3) is 6.08 Å². The average Bonchev–Trinajstić information content (AvgIpc) is 2.30. The summed E-state index contributed by atoms with van der Waals surface area (Å²) in [6.07, 6.45) is 5.43. The Morgan fingerprint density at radius 2 is 2.15 bits per heavy atom. The molecule has 1 rings (SSSR count). The van der Waals surface area contributed by atoms with E-state index in [0.717, 1.165) is 5.56 Å². The monoisotopic (exact) mass is 316 g/mol. The Balaban J connectivity index is 2.36. The highest BCUT2D eigenvalue weighted by molar-refractivity contribution is 6.33. The first kappa shape index (κ1) is 16.8. The molecule has 0 aliphatic rings. The summed E-state index contributed by atoms with van der Waals surface area (Å²) in [7, 11) is 0. The lowest BCUT2D eigenvalue weighted by Gasteiger charge is -2.19. The zero-order valence-corrected chi connectivity index (χ0v) is 13.3. The summed E-state index contributed by atoms with van der Waals surface area (Å²) in [5.41, 5.74) is 0.260. The maximum absolute atomic E-state index is 11.4. The van der Waals surface area contributed by atoms with Gasteiger partial charge in [-0.25, -0.2) is 9.78 Å². The number of pyridine rings is 1. The molecule has 0 fully saturated rings. The van der Waals surface area contributed by atoms with E-state index in [4.69, 9.17) is 27.9 Å². The molecule has 0 unspecified atom stereocenters. The first-order chi connectivity index (χ1) is 9.28. The van der Waals surface area contributed by atoms with Crippen molar-refractivity contribution in [3.05, 3.63) is 34.1 Å². The maximum atomic E-state index is 11.4. The summed E-state index contributed by atoms with van der Waals surface area (Å²) in [4.78, 5) is 15.3. The molecular formula is C14H18Cl2N2O2. The summed E-state index contributed by atoms with van der Waals surface area (Å²) < 4.78 is 5.11. The van der Waals surface area contributed by atoms with Gasteiger partial charge in [-0.15, -0.1) is 0 Å². The van der Waals surface area contributed by atoms with Crippen LogP contribution >= 0.6 is 23.2 Å². The Hall–Kier alpha value is -1.26. The molecule has 1 heterocycles. The predicted octanol–water partition coefficient (Wildman–Crippen LogP) is 4.32. The molecule has 0 saturated carbocycles. The highest BCUT2D eigenvalue weighted by Gasteiger charge is 2.15. The van der Waals surface area contributed by atoms with Gasteiger partial charge in [0.05, 0.1) is 5.02 Å². The number of amides is 1. The van der Waals surface area contributed by atoms with Crippen molar-refractivity contribution in [1.82, 2.24) is 10.3 Å². The van der Waals surface area contributed by atoms with Crippen molar-refractivity contribution in [3.8, 4) is 0 Å². The molecule has 0 aliphatic carbocycles. The van der Waals surface area contributed by atoms with Crippen LogP contribution in [0.2, 0.25) is 10.2 Å². The lowest BCUT2D eigenvalue weighted by atomic mass is 10.2. The van der Waals surface area contributed by atoms with E-state index in [1.807, 2.05) is 32.9 Å². The molecule has 1 amide bonds. The predicted molar refractivity (Wildman–Crippen MR) is 82.1 cm³/mol. The minimum Gasteiger partial charge on any atom is -0.444 e. The van der Waals surface area contributed by atoms with Gasteiger partial charge in [-0.2, -0.15) is 0 Å². The van der Waals surface area contributed by atoms with E-state index in [1.165, 1.54) is 6.20 Å². The lowest BCUT2D eigenvalue weighted by Crippen LogP contribution is -2.32. The summed E-state index contributed by atoms with van der Waals surface area (Å²) in [5.74, 6) is 0. The molecule has 0 saturated heterocycles. The van der Waals surface area contributed by atoms with Crippen LogP contribution < -0.4 is 5.32 Å². The molecule has 20 heavy (non-hydrogen) atoms. The Labute approximate surface area is 129 Å². The summed E-state index contributed by atoms with van der Waals surface area (Å²) in [6, 6.07) is 1.73. The third-order valence-electron chi connectivity index (χ3n) is 2.11. The first-order valence-corrected chi connectivity index (χ1v) is 6.98. The van der Waals surface area contributed by atoms with E-state index < -0.39 is 11.7 Å². The van der Waals surface area contributed by atoms with Crippen molar-refractivity contribution >= 4 is 35.4 Å². The van der Waals surface area contributed by atoms with Crippen molar-refractivity contribution in [2.75, 3.05) is 6.54 Å². The van der Waals surface area contributed by atoms with Crippen LogP contribution in [0.4, 0.5) is 4.79 Å². The number of aromatic nitrogens is 1. The number of nitrogens with zero attached hydrogens (tertiary/aromatic N) is 1. The van der Waals surface area contributed by atoms with E-state index in [0.29, 0.717) is 23.1 Å². The minimum atomic E-state index is -0.486. The molecule has 1 aromatic rings. The van der Waals surface area contributed by atoms with Gasteiger partial charge in [0.15, 0.2) is 0 Å². The van der Waals surface area contributed by atoms with Crippen LogP contribution in [0.3, 0.4) is 0 Å². The molecule has 0 bridgehead atoms. The number of carbonyl (C=O) groups is 1. The van der Waals surface area contributed by atoms with Crippen LogP contribution in [-0.2, 0) is 4.74 Å². The second-order valence-electron chi connectivity index (χ2n) is 5.15. The van der Waals surface area contributed by atoms with Crippen LogP contribution in [0.15, 0.2) is 18.3 Å². The number of rotatable bonds is 4. The molecule has 1 N–H and O–H groups in total. The van der Waals surface area contributed by atoms with Gasteiger partial charge in [0.25, 0.3) is 0 Å². The van der Waals surface area contributed by atoms with Gasteiger partial charge in [-0.05, 0) is 33.3 Å². The van der Waals surface area contributed by atoms with Crippen LogP contribution in [0, 0.1) is 0 Å². The van der Waals surface area contributed by atoms with E-state index in [1.54, 1.807) is 6.07 Å². The number of nitrogens with one attached hydrogen (secondary N) is 1. The summed E-state index contributed by atoms with van der Waals surface area (Å²) >= 11 is 11.8. The number of ether oxygens (including phenoxy) is 1. The van der Waals surface area contributed by atoms with Crippen molar-refractivity contribution in [2.45, 2.75) is 32.8 Å². The normalized spacial score (nSPS) is 11.7. The van der Waals surface area contributed by atoms with Crippen molar-refractivity contribution < 1.29 is 9.53 Å². The third-order valence-corrected chi connectivity index (χ3v) is 2.63. The molecule has 0 spiro atoms. The topological polar surface area (TPSA) is 51.2 Å². The van der Waals surface area contributed by atoms with Gasteiger partial charge in [0.2, 0.25) is 0 Å². The van der Waals surface area contributed by atoms with Gasteiger partial charge >= 0.3 is 6.09 Å². The second-order valence-corrected chi connectivity index (χ2v) is 5.95. The molecule has 4 nitrogen and oxygen atoms in total. The highest BCUT2D eigenvalue weighted by atomic mass is 35.5. The summed E-state index contributed by atoms with van der Waals surface area (Å²) in [5, 5.41) is 3.59. The second kappa shape index (κ2) is 7.50. The molecule has 0 aliphatic heterocycles. The van der Waals surface area contributed by atoms with Crippen molar-refractivity contribution in [2.24, 2.45) is 0 Å². The highest BCUT2D eigenvalue weighted by Crippen LogP contribution is 2.18. The number of hydrogen-bond donors (Lipinski definition) is 1. The van der Waals surface area contributed by atoms with Crippen LogP contribution in [0.5, 0.6) is 0 Å². The molecule has 6 heteroatoms. The molecule has 0 atom stereocenters. The van der Waals surface area contributed by atoms with Gasteiger partial charge in [-0.3, -0.25) is 0 Å². The number of hydrogen-bond acceptors (Lipinski definition) is 3. The third kappa shape index (κ3) is 6.78. The van der Waals surface area contributed by atoms with Gasteiger partial charge in [0, 0.05) is 18.3 Å². The van der Waals surface area contributed by atoms with Gasteiger partial charge in [-0.1, -0.05) is 35.4 Å². The fourth-order valence-electron chi connectivity index (χ4n) is 1.34. The van der Waals surface area contributed by atoms with Gasteiger partial charge < -0.3 is 10.1 Å². The number of halogens is 2. The zero-order valence-electron chi connectivity index (χ0n) is 11.7. The molecule has 110 valence electrons. The zero-order chi connectivity index (χ0) is 15.2. The molecule has 0 radical (unpaired) electrons. The molecule has 1 aromatic heterocycles. The smallest absolute Gasteiger partial charge is 0.407 e. The summed E-state index contributed by atoms with van der Waals surface area (Å²) in [6.45, 7) is 5.94. The molecular weight excluding hydrogens is 299 g/mol. The minimum absolute atomic E-state index is 0.394. The van der Waals surface area contributed by atoms with E-state index in [9.17, 15) is 4.79 Å². The fourth-order valence-corrected chi connectivity index (χ4v) is 1.67. The molecule has 0 aromatic carbocycles. The Kier molecular flexibility index (Phi) is 6.30. The quantitative estimate of drug-likeness (QED) is 0.665. The fraction of sp³-hybridized carbons (Fsp3) is 0.429. The van der Waals surface area contributed by atoms with Gasteiger partial charge in [0.1, 0.15) is 10.8 Å². The largest absolute Gasteiger partial charge is 0.444 e. The standard InChI is InChI=1S/C14H18Cl2N2O2/c1-14(2,3)20-13(19)17-7-5-4-6-10-8-11(15)9-18-12(10)16/h4,6,8-9H,5,7H2,1-3H3,(H,17,19). The Morgan fingerprint density at radius 3 is 2.80 bits per heavy atom. The van der Waals surface area contributed by atoms with E-state index in [-0.39, 0.29) is 0 Å². The van der Waals surface area contributed by atoms with Crippen molar-refractivity contribution in [1.29, 1.82) is 0 Å². The van der Waals surface area contributed by atoms with E-state index >= 15 is 0 Å². The Bertz CT molecular complexity index is 496. The average molecular weight is 317 g/mol. The van der Waals surface area contributed by atoms with E-state index in [2.05, 4.69) is 10.3 Å². The Morgan fingerprint density at radius 1 is 1.45 bits per heavy atom. The lowest BCUT2D eigenvalue weighted by molar-refractivity contribution is 0.0529. The van der Waals surface area contributed by atoms with Crippen LogP contribution in [0.1, 0.15) is 32.8 Å². The number of alkyl carbamates (subject to hydrolysis) is 1. The first-order valence-electron chi connectivity index (χ1n) is 6.22.